The molecule has 0 saturated carbocycles. The van der Waals surface area contributed by atoms with Crippen LogP contribution in [0.1, 0.15) is 26.5 Å². The Labute approximate surface area is 158 Å². The molecule has 2 aromatic heterocycles. The summed E-state index contributed by atoms with van der Waals surface area (Å²) in [6.45, 7) is -0.283. The second-order valence-electron chi connectivity index (χ2n) is 6.08. The van der Waals surface area contributed by atoms with Crippen molar-refractivity contribution >= 4 is 17.6 Å². The van der Waals surface area contributed by atoms with E-state index < -0.39 is 17.4 Å². The molecule has 4 N–H and O–H groups in total. The maximum atomic E-state index is 12.8. The Morgan fingerprint density at radius 3 is 2.57 bits per heavy atom. The van der Waals surface area contributed by atoms with E-state index in [4.69, 9.17) is 14.9 Å². The molecular formula is C19H15N3O6. The van der Waals surface area contributed by atoms with Crippen LogP contribution in [-0.4, -0.2) is 28.6 Å². The standard InChI is InChI=1S/C19H15N3O6/c1-27-9-2-4-11(14-5-3-10(8-23)28-14)13(6-9)22-15(24)7-12-16(17(22)20)19(26)21-18(12)25/h2-7,23H,8,20H2,1H3,(H,21,25,26). The number of benzene rings is 1. The van der Waals surface area contributed by atoms with Gasteiger partial charge in [-0.15, -0.1) is 0 Å². The van der Waals surface area contributed by atoms with E-state index in [1.165, 1.54) is 7.11 Å². The van der Waals surface area contributed by atoms with Crippen molar-refractivity contribution in [2.45, 2.75) is 6.61 Å². The summed E-state index contributed by atoms with van der Waals surface area (Å²) in [7, 11) is 1.47. The summed E-state index contributed by atoms with van der Waals surface area (Å²) < 4.78 is 11.9. The SMILES string of the molecule is COc1ccc(-c2ccc(CO)o2)c(-n2c(N)c3c(cc2=O)C(=O)NC3=O)c1. The molecule has 0 unspecified atom stereocenters. The Kier molecular flexibility index (Phi) is 4.01. The lowest BCUT2D eigenvalue weighted by Gasteiger charge is -2.16. The van der Waals surface area contributed by atoms with Crippen molar-refractivity contribution in [2.24, 2.45) is 0 Å². The zero-order valence-corrected chi connectivity index (χ0v) is 14.7. The molecule has 0 saturated heterocycles. The van der Waals surface area contributed by atoms with Gasteiger partial charge in [0.1, 0.15) is 29.7 Å². The lowest BCUT2D eigenvalue weighted by molar-refractivity contribution is 0.0880. The number of fused-ring (bicyclic) bond motifs is 1. The van der Waals surface area contributed by atoms with E-state index in [0.717, 1.165) is 10.6 Å². The lowest BCUT2D eigenvalue weighted by atomic mass is 10.1. The number of hydrogen-bond donors (Lipinski definition) is 3. The van der Waals surface area contributed by atoms with Crippen LogP contribution in [-0.2, 0) is 6.61 Å². The molecule has 142 valence electrons. The predicted octanol–water partition coefficient (Wildman–Crippen LogP) is 1.06. The van der Waals surface area contributed by atoms with E-state index in [1.807, 2.05) is 0 Å². The smallest absolute Gasteiger partial charge is 0.262 e. The minimum atomic E-state index is -0.670. The van der Waals surface area contributed by atoms with E-state index in [9.17, 15) is 19.5 Å². The van der Waals surface area contributed by atoms with E-state index in [0.29, 0.717) is 28.5 Å². The van der Waals surface area contributed by atoms with Crippen molar-refractivity contribution in [3.05, 3.63) is 63.6 Å². The lowest BCUT2D eigenvalue weighted by Crippen LogP contribution is -2.24. The van der Waals surface area contributed by atoms with Crippen molar-refractivity contribution < 1.29 is 23.8 Å². The van der Waals surface area contributed by atoms with Gasteiger partial charge in [-0.2, -0.15) is 0 Å². The van der Waals surface area contributed by atoms with Crippen LogP contribution < -0.4 is 21.3 Å². The molecule has 0 radical (unpaired) electrons. The van der Waals surface area contributed by atoms with E-state index in [1.54, 1.807) is 30.3 Å². The number of aliphatic hydroxyl groups is 1. The normalized spacial score (nSPS) is 12.8. The highest BCUT2D eigenvalue weighted by molar-refractivity contribution is 6.23. The Balaban J connectivity index is 2.02. The molecule has 9 nitrogen and oxygen atoms in total. The number of imide groups is 1. The van der Waals surface area contributed by atoms with E-state index >= 15 is 0 Å². The number of aliphatic hydroxyl groups excluding tert-OH is 1. The molecule has 3 heterocycles. The first kappa shape index (κ1) is 17.6. The average molecular weight is 381 g/mol. The number of rotatable bonds is 4. The second-order valence-corrected chi connectivity index (χ2v) is 6.08. The first-order chi connectivity index (χ1) is 13.4. The zero-order valence-electron chi connectivity index (χ0n) is 14.7. The number of ether oxygens (including phenoxy) is 1. The summed E-state index contributed by atoms with van der Waals surface area (Å²) in [5, 5.41) is 11.4. The number of aromatic nitrogens is 1. The molecule has 4 rings (SSSR count). The number of nitrogens with two attached hydrogens (primary N) is 1. The fourth-order valence-electron chi connectivity index (χ4n) is 3.17. The molecule has 3 aromatic rings. The van der Waals surface area contributed by atoms with Gasteiger partial charge in [-0.05, 0) is 24.3 Å². The average Bonchev–Trinajstić information content (AvgIpc) is 3.26. The Bertz CT molecular complexity index is 1190. The molecule has 2 amide bonds. The van der Waals surface area contributed by atoms with Gasteiger partial charge in [-0.25, -0.2) is 0 Å². The van der Waals surface area contributed by atoms with Gasteiger partial charge in [0.2, 0.25) is 0 Å². The van der Waals surface area contributed by atoms with Crippen molar-refractivity contribution in [2.75, 3.05) is 12.8 Å². The van der Waals surface area contributed by atoms with Gasteiger partial charge >= 0.3 is 0 Å². The summed E-state index contributed by atoms with van der Waals surface area (Å²) in [5.74, 6) is -0.337. The van der Waals surface area contributed by atoms with Gasteiger partial charge < -0.3 is 20.0 Å². The number of amides is 2. The fourth-order valence-corrected chi connectivity index (χ4v) is 3.17. The molecular weight excluding hydrogens is 366 g/mol. The maximum Gasteiger partial charge on any atom is 0.262 e. The van der Waals surface area contributed by atoms with Crippen molar-refractivity contribution in [1.82, 2.24) is 9.88 Å². The van der Waals surface area contributed by atoms with Gasteiger partial charge in [-0.3, -0.25) is 24.3 Å². The molecule has 1 aliphatic rings. The Morgan fingerprint density at radius 2 is 1.89 bits per heavy atom. The quantitative estimate of drug-likeness (QED) is 0.575. The second kappa shape index (κ2) is 6.39. The number of carbonyl (C=O) groups is 2. The summed E-state index contributed by atoms with van der Waals surface area (Å²) in [5.41, 5.74) is 6.20. The molecule has 1 aromatic carbocycles. The summed E-state index contributed by atoms with van der Waals surface area (Å²) in [4.78, 5) is 36.7. The number of hydrogen-bond acceptors (Lipinski definition) is 7. The molecule has 9 heteroatoms. The van der Waals surface area contributed by atoms with Crippen LogP contribution >= 0.6 is 0 Å². The van der Waals surface area contributed by atoms with Crippen LogP contribution in [0, 0.1) is 0 Å². The minimum absolute atomic E-state index is 0.0612. The van der Waals surface area contributed by atoms with Gasteiger partial charge in [-0.1, -0.05) is 0 Å². The van der Waals surface area contributed by atoms with E-state index in [-0.39, 0.29) is 23.6 Å². The third-order valence-corrected chi connectivity index (χ3v) is 4.48. The number of anilines is 1. The third kappa shape index (κ3) is 2.57. The Hall–Kier alpha value is -3.85. The fraction of sp³-hybridized carbons (Fsp3) is 0.105. The van der Waals surface area contributed by atoms with Crippen molar-refractivity contribution in [3.8, 4) is 22.8 Å². The molecule has 28 heavy (non-hydrogen) atoms. The number of pyridine rings is 1. The number of methoxy groups -OCH3 is 1. The molecule has 0 bridgehead atoms. The van der Waals surface area contributed by atoms with Crippen LogP contribution in [0.4, 0.5) is 5.82 Å². The predicted molar refractivity (Wildman–Crippen MR) is 98.4 cm³/mol. The summed E-state index contributed by atoms with van der Waals surface area (Å²) in [6.07, 6.45) is 0. The zero-order chi connectivity index (χ0) is 20.0. The Morgan fingerprint density at radius 1 is 1.11 bits per heavy atom. The first-order valence-electron chi connectivity index (χ1n) is 8.24. The largest absolute Gasteiger partial charge is 0.497 e. The number of carbonyl (C=O) groups excluding carboxylic acids is 2. The van der Waals surface area contributed by atoms with Gasteiger partial charge in [0.15, 0.2) is 0 Å². The molecule has 0 fully saturated rings. The van der Waals surface area contributed by atoms with Crippen LogP contribution in [0.25, 0.3) is 17.0 Å². The molecule has 0 spiro atoms. The van der Waals surface area contributed by atoms with Gasteiger partial charge in [0.05, 0.1) is 23.9 Å². The highest BCUT2D eigenvalue weighted by Crippen LogP contribution is 2.33. The number of nitrogen functional groups attached to an aromatic ring is 1. The van der Waals surface area contributed by atoms with Crippen LogP contribution in [0.5, 0.6) is 5.75 Å². The van der Waals surface area contributed by atoms with Crippen LogP contribution in [0.15, 0.2) is 45.6 Å². The first-order valence-corrected chi connectivity index (χ1v) is 8.24. The number of nitrogens with zero attached hydrogens (tertiary/aromatic N) is 1. The minimum Gasteiger partial charge on any atom is -0.497 e. The van der Waals surface area contributed by atoms with Crippen LogP contribution in [0.3, 0.4) is 0 Å². The van der Waals surface area contributed by atoms with E-state index in [2.05, 4.69) is 5.32 Å². The van der Waals surface area contributed by atoms with Gasteiger partial charge in [0, 0.05) is 17.7 Å². The topological polar surface area (TPSA) is 137 Å². The monoisotopic (exact) mass is 381 g/mol. The van der Waals surface area contributed by atoms with Crippen LogP contribution in [0.2, 0.25) is 0 Å². The molecule has 1 aliphatic heterocycles. The highest BCUT2D eigenvalue weighted by Gasteiger charge is 2.32. The molecule has 0 aliphatic carbocycles. The maximum absolute atomic E-state index is 12.8. The molecule has 0 atom stereocenters. The third-order valence-electron chi connectivity index (χ3n) is 4.48. The van der Waals surface area contributed by atoms with Gasteiger partial charge in [0.25, 0.3) is 17.4 Å². The van der Waals surface area contributed by atoms with Crippen molar-refractivity contribution in [3.63, 3.8) is 0 Å². The van der Waals surface area contributed by atoms with Crippen molar-refractivity contribution in [1.29, 1.82) is 0 Å². The summed E-state index contributed by atoms with van der Waals surface area (Å²) in [6, 6.07) is 9.21. The summed E-state index contributed by atoms with van der Waals surface area (Å²) >= 11 is 0. The number of nitrogens with one attached hydrogen (secondary N) is 1. The number of furan rings is 1. The highest BCUT2D eigenvalue weighted by atomic mass is 16.5.